The standard InChI is InChI=1S/C8H17NO2.C2H6O2.C2H6/c1-9-8-6(10)4-3-5-7(8)11-2;1-4-2-3;1-2/h6-10H,3-5H2,1-2H3;3H,2H2,1H3;1-2H3. The highest BCUT2D eigenvalue weighted by atomic mass is 16.6. The van der Waals surface area contributed by atoms with Crippen LogP contribution in [0.15, 0.2) is 0 Å². The second kappa shape index (κ2) is 13.9. The Hall–Kier alpha value is -0.200. The van der Waals surface area contributed by atoms with Crippen molar-refractivity contribution in [1.29, 1.82) is 0 Å². The molecular weight excluding hydrogens is 222 g/mol. The molecule has 0 radical (unpaired) electrons. The molecule has 5 heteroatoms. The Bertz CT molecular complexity index is 144. The fourth-order valence-electron chi connectivity index (χ4n) is 1.78. The Labute approximate surface area is 105 Å². The van der Waals surface area contributed by atoms with E-state index < -0.39 is 0 Å². The summed E-state index contributed by atoms with van der Waals surface area (Å²) in [5, 5.41) is 20.3. The third-order valence-electron chi connectivity index (χ3n) is 2.57. The molecule has 106 valence electrons. The molecule has 0 aliphatic heterocycles. The molecular formula is C12H29NO4. The van der Waals surface area contributed by atoms with Gasteiger partial charge in [-0.25, -0.2) is 0 Å². The molecule has 0 bridgehead atoms. The van der Waals surface area contributed by atoms with Crippen LogP contribution in [-0.2, 0) is 9.47 Å². The van der Waals surface area contributed by atoms with E-state index >= 15 is 0 Å². The zero-order valence-electron chi connectivity index (χ0n) is 11.8. The van der Waals surface area contributed by atoms with Crippen LogP contribution in [0.1, 0.15) is 33.1 Å². The normalized spacial score (nSPS) is 27.4. The highest BCUT2D eigenvalue weighted by molar-refractivity contribution is 4.87. The predicted molar refractivity (Wildman–Crippen MR) is 68.9 cm³/mol. The van der Waals surface area contributed by atoms with Crippen LogP contribution in [0.5, 0.6) is 0 Å². The Morgan fingerprint density at radius 1 is 1.24 bits per heavy atom. The van der Waals surface area contributed by atoms with Gasteiger partial charge in [0.15, 0.2) is 0 Å². The number of hydrogen-bond acceptors (Lipinski definition) is 5. The zero-order chi connectivity index (χ0) is 13.7. The van der Waals surface area contributed by atoms with Crippen molar-refractivity contribution in [3.05, 3.63) is 0 Å². The van der Waals surface area contributed by atoms with Gasteiger partial charge in [-0.3, -0.25) is 0 Å². The van der Waals surface area contributed by atoms with Crippen LogP contribution in [-0.4, -0.2) is 56.5 Å². The number of nitrogens with one attached hydrogen (secondary N) is 1. The van der Waals surface area contributed by atoms with Gasteiger partial charge in [-0.05, 0) is 26.3 Å². The van der Waals surface area contributed by atoms with Crippen molar-refractivity contribution in [2.75, 3.05) is 28.1 Å². The SMILES string of the molecule is CC.CNC1C(O)CCCC1OC.COCO. The van der Waals surface area contributed by atoms with Crippen molar-refractivity contribution in [2.45, 2.75) is 51.4 Å². The maximum Gasteiger partial charge on any atom is 0.143 e. The van der Waals surface area contributed by atoms with Crippen molar-refractivity contribution in [2.24, 2.45) is 0 Å². The first-order valence-electron chi connectivity index (χ1n) is 6.19. The topological polar surface area (TPSA) is 71.0 Å². The van der Waals surface area contributed by atoms with Crippen molar-refractivity contribution >= 4 is 0 Å². The molecule has 0 aromatic rings. The van der Waals surface area contributed by atoms with Crippen molar-refractivity contribution < 1.29 is 19.7 Å². The average Bonchev–Trinajstić information content (AvgIpc) is 2.41. The van der Waals surface area contributed by atoms with Gasteiger partial charge in [0.25, 0.3) is 0 Å². The lowest BCUT2D eigenvalue weighted by atomic mass is 9.90. The summed E-state index contributed by atoms with van der Waals surface area (Å²) in [5.41, 5.74) is 0. The maximum absolute atomic E-state index is 9.53. The first-order chi connectivity index (χ1) is 8.21. The third-order valence-corrected chi connectivity index (χ3v) is 2.57. The average molecular weight is 251 g/mol. The van der Waals surface area contributed by atoms with Crippen LogP contribution < -0.4 is 5.32 Å². The fraction of sp³-hybridized carbons (Fsp3) is 1.00. The summed E-state index contributed by atoms with van der Waals surface area (Å²) < 4.78 is 9.34. The molecule has 3 atom stereocenters. The molecule has 0 amide bonds. The molecule has 3 unspecified atom stereocenters. The number of ether oxygens (including phenoxy) is 2. The fourth-order valence-corrected chi connectivity index (χ4v) is 1.78. The van der Waals surface area contributed by atoms with E-state index in [0.29, 0.717) is 0 Å². The van der Waals surface area contributed by atoms with Gasteiger partial charge >= 0.3 is 0 Å². The van der Waals surface area contributed by atoms with Crippen LogP contribution in [0.25, 0.3) is 0 Å². The summed E-state index contributed by atoms with van der Waals surface area (Å²) in [6.07, 6.45) is 2.96. The van der Waals surface area contributed by atoms with Gasteiger partial charge < -0.3 is 25.0 Å². The summed E-state index contributed by atoms with van der Waals surface area (Å²) >= 11 is 0. The maximum atomic E-state index is 9.53. The van der Waals surface area contributed by atoms with Crippen LogP contribution in [0.3, 0.4) is 0 Å². The second-order valence-corrected chi connectivity index (χ2v) is 3.50. The van der Waals surface area contributed by atoms with E-state index in [1.165, 1.54) is 7.11 Å². The van der Waals surface area contributed by atoms with E-state index in [-0.39, 0.29) is 25.0 Å². The molecule has 5 nitrogen and oxygen atoms in total. The first-order valence-corrected chi connectivity index (χ1v) is 6.19. The first kappa shape index (κ1) is 19.1. The molecule has 1 aliphatic carbocycles. The van der Waals surface area contributed by atoms with Crippen LogP contribution >= 0.6 is 0 Å². The minimum Gasteiger partial charge on any atom is -0.391 e. The largest absolute Gasteiger partial charge is 0.391 e. The van der Waals surface area contributed by atoms with E-state index in [9.17, 15) is 5.11 Å². The van der Waals surface area contributed by atoms with E-state index in [1.54, 1.807) is 7.11 Å². The molecule has 1 fully saturated rings. The predicted octanol–water partition coefficient (Wildman–Crippen LogP) is 0.743. The monoisotopic (exact) mass is 251 g/mol. The van der Waals surface area contributed by atoms with Crippen molar-refractivity contribution in [1.82, 2.24) is 5.32 Å². The van der Waals surface area contributed by atoms with Crippen LogP contribution in [0, 0.1) is 0 Å². The number of aliphatic hydroxyl groups excluding tert-OH is 2. The summed E-state index contributed by atoms with van der Waals surface area (Å²) in [4.78, 5) is 0. The van der Waals surface area contributed by atoms with Gasteiger partial charge in [0, 0.05) is 14.2 Å². The van der Waals surface area contributed by atoms with E-state index in [1.807, 2.05) is 20.9 Å². The van der Waals surface area contributed by atoms with E-state index in [0.717, 1.165) is 19.3 Å². The lowest BCUT2D eigenvalue weighted by Gasteiger charge is -2.34. The van der Waals surface area contributed by atoms with Gasteiger partial charge in [0.2, 0.25) is 0 Å². The minimum atomic E-state index is -0.237. The molecule has 1 rings (SSSR count). The van der Waals surface area contributed by atoms with E-state index in [4.69, 9.17) is 9.84 Å². The summed E-state index contributed by atoms with van der Waals surface area (Å²) in [7, 11) is 5.00. The lowest BCUT2D eigenvalue weighted by molar-refractivity contribution is -0.0198. The van der Waals surface area contributed by atoms with E-state index in [2.05, 4.69) is 10.1 Å². The second-order valence-electron chi connectivity index (χ2n) is 3.50. The van der Waals surface area contributed by atoms with Gasteiger partial charge in [-0.15, -0.1) is 0 Å². The minimum absolute atomic E-state index is 0.119. The number of hydrogen-bond donors (Lipinski definition) is 3. The zero-order valence-corrected chi connectivity index (χ0v) is 11.8. The molecule has 17 heavy (non-hydrogen) atoms. The molecule has 0 spiro atoms. The highest BCUT2D eigenvalue weighted by Gasteiger charge is 2.30. The van der Waals surface area contributed by atoms with Gasteiger partial charge in [0.05, 0.1) is 18.2 Å². The third kappa shape index (κ3) is 8.51. The molecule has 1 aliphatic rings. The molecule has 0 heterocycles. The Morgan fingerprint density at radius 3 is 2.06 bits per heavy atom. The molecule has 1 saturated carbocycles. The lowest BCUT2D eigenvalue weighted by Crippen LogP contribution is -2.50. The van der Waals surface area contributed by atoms with Crippen molar-refractivity contribution in [3.8, 4) is 0 Å². The van der Waals surface area contributed by atoms with Gasteiger partial charge in [0.1, 0.15) is 6.79 Å². The Morgan fingerprint density at radius 2 is 1.76 bits per heavy atom. The highest BCUT2D eigenvalue weighted by Crippen LogP contribution is 2.20. The Kier molecular flexibility index (Phi) is 15.6. The summed E-state index contributed by atoms with van der Waals surface area (Å²) in [5.74, 6) is 0. The molecule has 0 saturated heterocycles. The smallest absolute Gasteiger partial charge is 0.143 e. The van der Waals surface area contributed by atoms with Crippen LogP contribution in [0.2, 0.25) is 0 Å². The van der Waals surface area contributed by atoms with Gasteiger partial charge in [-0.2, -0.15) is 0 Å². The summed E-state index contributed by atoms with van der Waals surface area (Å²) in [6, 6.07) is 0.119. The van der Waals surface area contributed by atoms with Crippen molar-refractivity contribution in [3.63, 3.8) is 0 Å². The van der Waals surface area contributed by atoms with Crippen LogP contribution in [0.4, 0.5) is 0 Å². The number of rotatable bonds is 3. The molecule has 0 aromatic carbocycles. The number of methoxy groups -OCH3 is 2. The molecule has 3 N–H and O–H groups in total. The number of likely N-dealkylation sites (N-methyl/N-ethyl adjacent to an activating group) is 1. The molecule has 0 aromatic heterocycles. The summed E-state index contributed by atoms with van der Waals surface area (Å²) in [6.45, 7) is 3.82. The Balaban J connectivity index is 0. The number of aliphatic hydroxyl groups is 2. The quantitative estimate of drug-likeness (QED) is 0.646. The van der Waals surface area contributed by atoms with Gasteiger partial charge in [-0.1, -0.05) is 13.8 Å².